The normalized spacial score (nSPS) is 15.9. The van der Waals surface area contributed by atoms with E-state index in [1.54, 1.807) is 6.07 Å². The third kappa shape index (κ3) is 4.10. The summed E-state index contributed by atoms with van der Waals surface area (Å²) in [4.78, 5) is 11.6. The summed E-state index contributed by atoms with van der Waals surface area (Å²) < 4.78 is 19.6. The summed E-state index contributed by atoms with van der Waals surface area (Å²) in [5, 5.41) is 6.72. The molecule has 2 aromatic carbocycles. The molecule has 0 saturated carbocycles. The lowest BCUT2D eigenvalue weighted by molar-refractivity contribution is -0.115. The molecule has 1 saturated heterocycles. The van der Waals surface area contributed by atoms with Crippen molar-refractivity contribution in [3.8, 4) is 5.75 Å². The van der Waals surface area contributed by atoms with Gasteiger partial charge in [0, 0.05) is 12.6 Å². The van der Waals surface area contributed by atoms with Crippen LogP contribution in [0.15, 0.2) is 53.6 Å². The fourth-order valence-corrected chi connectivity index (χ4v) is 2.33. The Morgan fingerprint density at radius 2 is 2.04 bits per heavy atom. The van der Waals surface area contributed by atoms with E-state index in [0.29, 0.717) is 31.0 Å². The number of rotatable bonds is 5. The van der Waals surface area contributed by atoms with E-state index in [1.165, 1.54) is 12.1 Å². The molecule has 5 nitrogen and oxygen atoms in total. The van der Waals surface area contributed by atoms with Gasteiger partial charge in [0.2, 0.25) is 0 Å². The van der Waals surface area contributed by atoms with Crippen molar-refractivity contribution in [2.75, 3.05) is 12.0 Å². The maximum absolute atomic E-state index is 13.9. The number of nitrogens with zero attached hydrogens (tertiary/aromatic N) is 1. The summed E-state index contributed by atoms with van der Waals surface area (Å²) in [6, 6.07) is 14.1. The molecule has 0 spiro atoms. The van der Waals surface area contributed by atoms with Gasteiger partial charge in [0.15, 0.2) is 0 Å². The first kappa shape index (κ1) is 16.0. The van der Waals surface area contributed by atoms with Gasteiger partial charge >= 0.3 is 0 Å². The number of hydrazone groups is 1. The molecule has 1 aliphatic rings. The second-order valence-electron chi connectivity index (χ2n) is 5.45. The van der Waals surface area contributed by atoms with Crippen molar-refractivity contribution >= 4 is 17.3 Å². The van der Waals surface area contributed by atoms with E-state index in [2.05, 4.69) is 15.8 Å². The molecule has 24 heavy (non-hydrogen) atoms. The van der Waals surface area contributed by atoms with Gasteiger partial charge < -0.3 is 10.1 Å². The van der Waals surface area contributed by atoms with E-state index in [0.717, 1.165) is 12.0 Å². The van der Waals surface area contributed by atoms with Crippen molar-refractivity contribution in [2.45, 2.75) is 19.4 Å². The number of amides is 1. The molecule has 3 rings (SSSR count). The second-order valence-corrected chi connectivity index (χ2v) is 5.45. The smallest absolute Gasteiger partial charge is 0.267 e. The van der Waals surface area contributed by atoms with Crippen LogP contribution in [0.3, 0.4) is 0 Å². The highest BCUT2D eigenvalue weighted by molar-refractivity contribution is 6.39. The molecule has 1 heterocycles. The quantitative estimate of drug-likeness (QED) is 0.830. The Hall–Kier alpha value is -2.89. The molecule has 0 radical (unpaired) electrons. The van der Waals surface area contributed by atoms with Crippen molar-refractivity contribution < 1.29 is 13.9 Å². The number of hydrogen-bond donors (Lipinski definition) is 2. The van der Waals surface area contributed by atoms with Gasteiger partial charge in [-0.2, -0.15) is 5.10 Å². The van der Waals surface area contributed by atoms with Crippen LogP contribution >= 0.6 is 0 Å². The van der Waals surface area contributed by atoms with Crippen molar-refractivity contribution in [2.24, 2.45) is 5.10 Å². The van der Waals surface area contributed by atoms with Crippen LogP contribution in [0.1, 0.15) is 18.4 Å². The highest BCUT2D eigenvalue weighted by Gasteiger charge is 2.16. The third-order valence-electron chi connectivity index (χ3n) is 3.64. The zero-order chi connectivity index (χ0) is 16.8. The maximum Gasteiger partial charge on any atom is 0.267 e. The van der Waals surface area contributed by atoms with E-state index in [9.17, 15) is 9.18 Å². The molecule has 1 aliphatic heterocycles. The van der Waals surface area contributed by atoms with Gasteiger partial charge in [-0.15, -0.1) is 0 Å². The second kappa shape index (κ2) is 7.59. The number of halogens is 1. The predicted molar refractivity (Wildman–Crippen MR) is 90.5 cm³/mol. The summed E-state index contributed by atoms with van der Waals surface area (Å²) in [5.74, 6) is -0.149. The van der Waals surface area contributed by atoms with E-state index >= 15 is 0 Å². The lowest BCUT2D eigenvalue weighted by Gasteiger charge is -2.14. The summed E-state index contributed by atoms with van der Waals surface area (Å²) in [6.07, 6.45) is 1.40. The molecule has 1 fully saturated rings. The van der Waals surface area contributed by atoms with Crippen molar-refractivity contribution in [1.82, 2.24) is 5.32 Å². The molecule has 0 unspecified atom stereocenters. The molecule has 0 bridgehead atoms. The van der Waals surface area contributed by atoms with Gasteiger partial charge in [0.05, 0.1) is 5.69 Å². The first-order valence-corrected chi connectivity index (χ1v) is 7.79. The van der Waals surface area contributed by atoms with Crippen LogP contribution in [-0.2, 0) is 11.4 Å². The number of piperidine rings is 1. The number of ether oxygens (including phenoxy) is 1. The predicted octanol–water partition coefficient (Wildman–Crippen LogP) is 3.08. The van der Waals surface area contributed by atoms with E-state index < -0.39 is 5.82 Å². The molecular formula is C18H18FN3O2. The summed E-state index contributed by atoms with van der Waals surface area (Å²) in [7, 11) is 0. The molecule has 0 aromatic heterocycles. The van der Waals surface area contributed by atoms with Gasteiger partial charge in [-0.05, 0) is 30.5 Å². The zero-order valence-corrected chi connectivity index (χ0v) is 13.1. The number of anilines is 1. The van der Waals surface area contributed by atoms with Crippen molar-refractivity contribution in [1.29, 1.82) is 0 Å². The monoisotopic (exact) mass is 327 g/mol. The summed E-state index contributed by atoms with van der Waals surface area (Å²) >= 11 is 0. The Morgan fingerprint density at radius 1 is 1.21 bits per heavy atom. The van der Waals surface area contributed by atoms with Crippen LogP contribution < -0.4 is 15.5 Å². The highest BCUT2D eigenvalue weighted by Crippen LogP contribution is 2.22. The summed E-state index contributed by atoms with van der Waals surface area (Å²) in [5.41, 5.74) is 4.19. The molecule has 124 valence electrons. The summed E-state index contributed by atoms with van der Waals surface area (Å²) in [6.45, 7) is 1.04. The average molecular weight is 327 g/mol. The number of carbonyl (C=O) groups excluding carboxylic acids is 1. The van der Waals surface area contributed by atoms with E-state index in [-0.39, 0.29) is 11.6 Å². The van der Waals surface area contributed by atoms with E-state index in [4.69, 9.17) is 4.74 Å². The van der Waals surface area contributed by atoms with Gasteiger partial charge in [-0.3, -0.25) is 10.2 Å². The number of carbonyl (C=O) groups is 1. The zero-order valence-electron chi connectivity index (χ0n) is 13.1. The number of benzene rings is 2. The largest absolute Gasteiger partial charge is 0.489 e. The fourth-order valence-electron chi connectivity index (χ4n) is 2.33. The van der Waals surface area contributed by atoms with Gasteiger partial charge in [0.1, 0.15) is 23.9 Å². The average Bonchev–Trinajstić information content (AvgIpc) is 2.62. The van der Waals surface area contributed by atoms with Crippen LogP contribution in [0.4, 0.5) is 10.1 Å². The molecule has 0 atom stereocenters. The van der Waals surface area contributed by atoms with Crippen LogP contribution in [-0.4, -0.2) is 18.2 Å². The van der Waals surface area contributed by atoms with Crippen molar-refractivity contribution in [3.63, 3.8) is 0 Å². The molecule has 2 aromatic rings. The van der Waals surface area contributed by atoms with Crippen LogP contribution in [0.2, 0.25) is 0 Å². The minimum Gasteiger partial charge on any atom is -0.489 e. The Labute approximate surface area is 139 Å². The standard InChI is InChI=1S/C18H18FN3O2/c19-15-9-8-14(24-12-13-5-2-1-3-6-13)11-17(15)22-21-16-7-4-10-20-18(16)23/h1-3,5-6,8-9,11,22H,4,7,10,12H2,(H,20,23)/b21-16-. The van der Waals surface area contributed by atoms with Crippen LogP contribution in [0, 0.1) is 5.82 Å². The number of hydrogen-bond acceptors (Lipinski definition) is 4. The van der Waals surface area contributed by atoms with Gasteiger partial charge in [-0.25, -0.2) is 4.39 Å². The molecule has 6 heteroatoms. The highest BCUT2D eigenvalue weighted by atomic mass is 19.1. The molecule has 0 aliphatic carbocycles. The lowest BCUT2D eigenvalue weighted by Crippen LogP contribution is -2.37. The number of nitrogens with one attached hydrogen (secondary N) is 2. The first-order valence-electron chi connectivity index (χ1n) is 7.79. The fraction of sp³-hybridized carbons (Fsp3) is 0.222. The minimum absolute atomic E-state index is 0.173. The van der Waals surface area contributed by atoms with Gasteiger partial charge in [0.25, 0.3) is 5.91 Å². The van der Waals surface area contributed by atoms with Crippen LogP contribution in [0.25, 0.3) is 0 Å². The Bertz CT molecular complexity index is 747. The molecule has 2 N–H and O–H groups in total. The van der Waals surface area contributed by atoms with Crippen LogP contribution in [0.5, 0.6) is 5.75 Å². The Morgan fingerprint density at radius 3 is 2.83 bits per heavy atom. The Balaban J connectivity index is 1.67. The van der Waals surface area contributed by atoms with Crippen molar-refractivity contribution in [3.05, 3.63) is 59.9 Å². The minimum atomic E-state index is -0.456. The Kier molecular flexibility index (Phi) is 5.05. The topological polar surface area (TPSA) is 62.7 Å². The maximum atomic E-state index is 13.9. The van der Waals surface area contributed by atoms with Gasteiger partial charge in [-0.1, -0.05) is 30.3 Å². The first-order chi connectivity index (χ1) is 11.7. The van der Waals surface area contributed by atoms with E-state index in [1.807, 2.05) is 30.3 Å². The SMILES string of the molecule is O=C1NCCC/C1=N/Nc1cc(OCc2ccccc2)ccc1F. The molecule has 1 amide bonds. The third-order valence-corrected chi connectivity index (χ3v) is 3.64. The lowest BCUT2D eigenvalue weighted by atomic mass is 10.1. The molecular weight excluding hydrogens is 309 g/mol.